The van der Waals surface area contributed by atoms with E-state index in [9.17, 15) is 4.39 Å². The Morgan fingerprint density at radius 1 is 1.77 bits per heavy atom. The molecule has 0 unspecified atom stereocenters. The maximum atomic E-state index is 13.1. The average molecular weight is 181 g/mol. The highest BCUT2D eigenvalue weighted by Crippen LogP contribution is 2.23. The molecule has 2 aliphatic rings. The molecule has 68 valence electrons. The summed E-state index contributed by atoms with van der Waals surface area (Å²) in [4.78, 5) is 12.5. The van der Waals surface area contributed by atoms with Gasteiger partial charge in [0.05, 0.1) is 6.34 Å². The van der Waals surface area contributed by atoms with Crippen LogP contribution in [0.25, 0.3) is 0 Å². The summed E-state index contributed by atoms with van der Waals surface area (Å²) in [6, 6.07) is 0. The van der Waals surface area contributed by atoms with Crippen molar-refractivity contribution in [2.75, 3.05) is 7.05 Å². The van der Waals surface area contributed by atoms with Crippen molar-refractivity contribution in [2.24, 2.45) is 15.0 Å². The van der Waals surface area contributed by atoms with Crippen molar-refractivity contribution < 1.29 is 4.39 Å². The third-order valence-corrected chi connectivity index (χ3v) is 1.95. The number of nitrogens with one attached hydrogen (secondary N) is 1. The van der Waals surface area contributed by atoms with E-state index in [2.05, 4.69) is 27.0 Å². The molecule has 0 aromatic carbocycles. The molecule has 0 saturated carbocycles. The second-order valence-electron chi connectivity index (χ2n) is 2.69. The van der Waals surface area contributed by atoms with Crippen LogP contribution < -0.4 is 5.32 Å². The van der Waals surface area contributed by atoms with Gasteiger partial charge in [0.25, 0.3) is 6.09 Å². The normalized spacial score (nSPS) is 25.5. The molecule has 1 N–H and O–H groups in total. The molecule has 1 atom stereocenters. The lowest BCUT2D eigenvalue weighted by molar-refractivity contribution is 0.350. The zero-order valence-corrected chi connectivity index (χ0v) is 7.03. The Bertz CT molecular complexity index is 343. The topological polar surface area (TPSA) is 52.4 Å². The van der Waals surface area contributed by atoms with Crippen molar-refractivity contribution in [3.05, 3.63) is 11.5 Å². The lowest BCUT2D eigenvalue weighted by Crippen LogP contribution is -2.45. The Morgan fingerprint density at radius 2 is 2.54 bits per heavy atom. The predicted octanol–water partition coefficient (Wildman–Crippen LogP) is 0.0846. The molecule has 0 bridgehead atoms. The van der Waals surface area contributed by atoms with E-state index < -0.39 is 6.09 Å². The van der Waals surface area contributed by atoms with Crippen LogP contribution in [0.5, 0.6) is 0 Å². The van der Waals surface area contributed by atoms with Gasteiger partial charge < -0.3 is 10.2 Å². The van der Waals surface area contributed by atoms with E-state index in [4.69, 9.17) is 0 Å². The van der Waals surface area contributed by atoms with Crippen LogP contribution >= 0.6 is 0 Å². The molecule has 0 aromatic heterocycles. The van der Waals surface area contributed by atoms with Crippen LogP contribution in [-0.2, 0) is 0 Å². The van der Waals surface area contributed by atoms with Gasteiger partial charge in [-0.05, 0) is 6.72 Å². The van der Waals surface area contributed by atoms with Crippen molar-refractivity contribution in [1.82, 2.24) is 10.2 Å². The molecule has 0 amide bonds. The number of likely N-dealkylation sites (N-methyl/N-ethyl adjacent to an activating group) is 1. The molecule has 0 aromatic rings. The summed E-state index contributed by atoms with van der Waals surface area (Å²) < 4.78 is 13.1. The summed E-state index contributed by atoms with van der Waals surface area (Å²) in [7, 11) is 1.59. The Labute approximate surface area is 74.4 Å². The van der Waals surface area contributed by atoms with Crippen molar-refractivity contribution in [2.45, 2.75) is 6.17 Å². The largest absolute Gasteiger partial charge is 0.351 e. The number of aliphatic imine (C=N–C) groups is 3. The maximum Gasteiger partial charge on any atom is 0.288 e. The number of rotatable bonds is 1. The minimum Gasteiger partial charge on any atom is -0.351 e. The van der Waals surface area contributed by atoms with Crippen molar-refractivity contribution in [3.8, 4) is 0 Å². The molecule has 0 saturated heterocycles. The van der Waals surface area contributed by atoms with Gasteiger partial charge in [-0.1, -0.05) is 0 Å². The van der Waals surface area contributed by atoms with Crippen LogP contribution in [0.3, 0.4) is 0 Å². The van der Waals surface area contributed by atoms with Crippen molar-refractivity contribution in [3.63, 3.8) is 0 Å². The molecular formula is C7H8FN5. The number of amidine groups is 1. The third kappa shape index (κ3) is 1.02. The minimum atomic E-state index is -0.589. The SMILES string of the molecule is C=NC1=C2N=CN[C@@H]2N(C)C(F)=N1. The summed E-state index contributed by atoms with van der Waals surface area (Å²) in [5, 5.41) is 2.87. The fourth-order valence-electron chi connectivity index (χ4n) is 1.25. The van der Waals surface area contributed by atoms with E-state index in [1.165, 1.54) is 11.2 Å². The van der Waals surface area contributed by atoms with Gasteiger partial charge in [-0.15, -0.1) is 0 Å². The number of hydrogen-bond acceptors (Lipinski definition) is 5. The fraction of sp³-hybridized carbons (Fsp3) is 0.286. The summed E-state index contributed by atoms with van der Waals surface area (Å²) in [6.45, 7) is 3.30. The maximum absolute atomic E-state index is 13.1. The van der Waals surface area contributed by atoms with E-state index in [0.29, 0.717) is 5.70 Å². The second-order valence-corrected chi connectivity index (χ2v) is 2.69. The molecule has 5 nitrogen and oxygen atoms in total. The van der Waals surface area contributed by atoms with Crippen LogP contribution in [-0.4, -0.2) is 37.3 Å². The van der Waals surface area contributed by atoms with Crippen LogP contribution in [0, 0.1) is 0 Å². The zero-order chi connectivity index (χ0) is 9.42. The van der Waals surface area contributed by atoms with Gasteiger partial charge in [0.1, 0.15) is 5.70 Å². The summed E-state index contributed by atoms with van der Waals surface area (Å²) in [6.07, 6.45) is 0.600. The lowest BCUT2D eigenvalue weighted by Gasteiger charge is -2.27. The Kier molecular flexibility index (Phi) is 1.61. The van der Waals surface area contributed by atoms with Crippen molar-refractivity contribution >= 4 is 19.1 Å². The molecular weight excluding hydrogens is 173 g/mol. The Hall–Kier alpha value is -1.72. The molecule has 0 radical (unpaired) electrons. The van der Waals surface area contributed by atoms with Crippen LogP contribution in [0.1, 0.15) is 0 Å². The Balaban J connectivity index is 2.49. The monoisotopic (exact) mass is 181 g/mol. The van der Waals surface area contributed by atoms with E-state index in [1.54, 1.807) is 7.05 Å². The first-order valence-electron chi connectivity index (χ1n) is 3.70. The van der Waals surface area contributed by atoms with Crippen molar-refractivity contribution in [1.29, 1.82) is 0 Å². The summed E-state index contributed by atoms with van der Waals surface area (Å²) >= 11 is 0. The smallest absolute Gasteiger partial charge is 0.288 e. The fourth-order valence-corrected chi connectivity index (χ4v) is 1.25. The quantitative estimate of drug-likeness (QED) is 0.460. The first-order chi connectivity index (χ1) is 6.24. The second kappa shape index (κ2) is 2.65. The first-order valence-corrected chi connectivity index (χ1v) is 3.70. The summed E-state index contributed by atoms with van der Waals surface area (Å²) in [5.41, 5.74) is 0.596. The van der Waals surface area contributed by atoms with Gasteiger partial charge in [0, 0.05) is 7.05 Å². The average Bonchev–Trinajstić information content (AvgIpc) is 2.60. The van der Waals surface area contributed by atoms with E-state index in [1.807, 2.05) is 0 Å². The third-order valence-electron chi connectivity index (χ3n) is 1.95. The van der Waals surface area contributed by atoms with Gasteiger partial charge in [-0.25, -0.2) is 9.98 Å². The molecule has 2 heterocycles. The minimum absolute atomic E-state index is 0.238. The van der Waals surface area contributed by atoms with Crippen LogP contribution in [0.4, 0.5) is 4.39 Å². The number of nitrogens with zero attached hydrogens (tertiary/aromatic N) is 4. The van der Waals surface area contributed by atoms with Gasteiger partial charge in [0.2, 0.25) is 0 Å². The molecule has 0 fully saturated rings. The van der Waals surface area contributed by atoms with Gasteiger partial charge in [-0.3, -0.25) is 0 Å². The van der Waals surface area contributed by atoms with E-state index in [0.717, 1.165) is 0 Å². The number of fused-ring (bicyclic) bond motifs is 1. The highest BCUT2D eigenvalue weighted by molar-refractivity contribution is 5.78. The number of halogens is 1. The lowest BCUT2D eigenvalue weighted by atomic mass is 10.3. The van der Waals surface area contributed by atoms with Crippen LogP contribution in [0.2, 0.25) is 0 Å². The molecule has 2 rings (SSSR count). The highest BCUT2D eigenvalue weighted by atomic mass is 19.1. The van der Waals surface area contributed by atoms with Gasteiger partial charge >= 0.3 is 0 Å². The number of hydrogen-bond donors (Lipinski definition) is 1. The predicted molar refractivity (Wildman–Crippen MR) is 48.3 cm³/mol. The van der Waals surface area contributed by atoms with E-state index >= 15 is 0 Å². The Morgan fingerprint density at radius 3 is 3.23 bits per heavy atom. The summed E-state index contributed by atoms with van der Waals surface area (Å²) in [5.74, 6) is 0.238. The highest BCUT2D eigenvalue weighted by Gasteiger charge is 2.31. The standard InChI is InChI=1S/C7H8FN5/c1-9-5-4-6(11-3-10-4)13(2)7(8)12-5/h3,6H,1H2,2H3,(H,10,11)/t6-/m1/s1. The van der Waals surface area contributed by atoms with Gasteiger partial charge in [-0.2, -0.15) is 9.38 Å². The molecule has 6 heteroatoms. The molecule has 0 spiro atoms. The molecule has 13 heavy (non-hydrogen) atoms. The van der Waals surface area contributed by atoms with E-state index in [-0.39, 0.29) is 12.0 Å². The molecule has 2 aliphatic heterocycles. The van der Waals surface area contributed by atoms with Gasteiger partial charge in [0.15, 0.2) is 12.0 Å². The molecule has 0 aliphatic carbocycles. The van der Waals surface area contributed by atoms with Crippen LogP contribution in [0.15, 0.2) is 26.5 Å². The zero-order valence-electron chi connectivity index (χ0n) is 7.03. The first kappa shape index (κ1) is 7.90.